The number of thiophene rings is 1. The minimum atomic E-state index is -4.52. The topological polar surface area (TPSA) is 35.2 Å². The van der Waals surface area contributed by atoms with Crippen molar-refractivity contribution in [3.8, 4) is 5.75 Å². The molecule has 1 heterocycles. The van der Waals surface area contributed by atoms with E-state index in [4.69, 9.17) is 22.7 Å². The first kappa shape index (κ1) is 15.8. The van der Waals surface area contributed by atoms with Crippen LogP contribution in [0.1, 0.15) is 16.7 Å². The summed E-state index contributed by atoms with van der Waals surface area (Å²) in [4.78, 5) is -0.0784. The average molecular weight is 331 g/mol. The second kappa shape index (κ2) is 6.44. The molecular formula is C14H12F3NOS2. The van der Waals surface area contributed by atoms with Crippen molar-refractivity contribution in [2.45, 2.75) is 12.6 Å². The van der Waals surface area contributed by atoms with Gasteiger partial charge in [-0.15, -0.1) is 0 Å². The summed E-state index contributed by atoms with van der Waals surface area (Å²) in [5, 5.41) is 3.84. The smallest absolute Gasteiger partial charge is 0.419 e. The van der Waals surface area contributed by atoms with Gasteiger partial charge in [0.05, 0.1) is 12.2 Å². The normalized spacial score (nSPS) is 11.4. The maximum atomic E-state index is 13.0. The molecule has 0 atom stereocenters. The molecule has 1 aromatic carbocycles. The summed E-state index contributed by atoms with van der Waals surface area (Å²) in [5.41, 5.74) is 5.71. The van der Waals surface area contributed by atoms with Crippen molar-refractivity contribution in [1.82, 2.24) is 0 Å². The Hall–Kier alpha value is -1.60. The summed E-state index contributed by atoms with van der Waals surface area (Å²) in [6.45, 7) is 0.173. The second-order valence-electron chi connectivity index (χ2n) is 4.30. The van der Waals surface area contributed by atoms with Crippen molar-refractivity contribution < 1.29 is 17.9 Å². The number of thiocarbonyl (C=S) groups is 1. The highest BCUT2D eigenvalue weighted by Gasteiger charge is 2.34. The lowest BCUT2D eigenvalue weighted by molar-refractivity contribution is -0.138. The average Bonchev–Trinajstić information content (AvgIpc) is 2.90. The van der Waals surface area contributed by atoms with Crippen molar-refractivity contribution in [2.75, 3.05) is 6.61 Å². The maximum Gasteiger partial charge on any atom is 0.419 e. The number of rotatable bonds is 5. The number of hydrogen-bond acceptors (Lipinski definition) is 3. The summed E-state index contributed by atoms with van der Waals surface area (Å²) >= 11 is 6.23. The van der Waals surface area contributed by atoms with Gasteiger partial charge in [-0.25, -0.2) is 0 Å². The Kier molecular flexibility index (Phi) is 4.84. The third-order valence-electron chi connectivity index (χ3n) is 2.80. The fourth-order valence-electron chi connectivity index (χ4n) is 1.74. The highest BCUT2D eigenvalue weighted by molar-refractivity contribution is 7.80. The van der Waals surface area contributed by atoms with E-state index in [0.29, 0.717) is 6.42 Å². The van der Waals surface area contributed by atoms with Gasteiger partial charge in [-0.1, -0.05) is 12.2 Å². The first-order valence-corrected chi connectivity index (χ1v) is 7.38. The van der Waals surface area contributed by atoms with Gasteiger partial charge in [-0.2, -0.15) is 24.5 Å². The molecule has 2 N–H and O–H groups in total. The van der Waals surface area contributed by atoms with Gasteiger partial charge in [0.15, 0.2) is 0 Å². The molecule has 0 saturated heterocycles. The van der Waals surface area contributed by atoms with Crippen molar-refractivity contribution >= 4 is 28.5 Å². The van der Waals surface area contributed by atoms with Gasteiger partial charge >= 0.3 is 6.18 Å². The molecule has 21 heavy (non-hydrogen) atoms. The minimum Gasteiger partial charge on any atom is -0.493 e. The molecule has 2 nitrogen and oxygen atoms in total. The zero-order chi connectivity index (χ0) is 15.5. The molecule has 0 unspecified atom stereocenters. The van der Waals surface area contributed by atoms with E-state index in [9.17, 15) is 13.2 Å². The van der Waals surface area contributed by atoms with Gasteiger partial charge in [-0.05, 0) is 40.6 Å². The third kappa shape index (κ3) is 4.18. The van der Waals surface area contributed by atoms with E-state index in [2.05, 4.69) is 0 Å². The Morgan fingerprint density at radius 1 is 1.29 bits per heavy atom. The van der Waals surface area contributed by atoms with E-state index in [1.54, 1.807) is 0 Å². The van der Waals surface area contributed by atoms with Crippen LogP contribution in [0.4, 0.5) is 13.2 Å². The largest absolute Gasteiger partial charge is 0.493 e. The van der Waals surface area contributed by atoms with Crippen LogP contribution < -0.4 is 10.5 Å². The molecule has 1 aromatic heterocycles. The van der Waals surface area contributed by atoms with E-state index in [1.165, 1.54) is 23.5 Å². The molecular weight excluding hydrogens is 319 g/mol. The van der Waals surface area contributed by atoms with Gasteiger partial charge in [0.1, 0.15) is 10.7 Å². The second-order valence-corrected chi connectivity index (χ2v) is 5.52. The lowest BCUT2D eigenvalue weighted by atomic mass is 10.1. The molecule has 112 valence electrons. The van der Waals surface area contributed by atoms with Crippen LogP contribution in [0, 0.1) is 0 Å². The lowest BCUT2D eigenvalue weighted by Gasteiger charge is -2.15. The zero-order valence-electron chi connectivity index (χ0n) is 10.8. The van der Waals surface area contributed by atoms with Gasteiger partial charge < -0.3 is 10.5 Å². The SMILES string of the molecule is NC(=S)c1ccc(OCCc2ccsc2)c(C(F)(F)F)c1. The summed E-state index contributed by atoms with van der Waals surface area (Å²) in [7, 11) is 0. The number of hydrogen-bond donors (Lipinski definition) is 1. The molecule has 0 amide bonds. The van der Waals surface area contributed by atoms with E-state index in [1.807, 2.05) is 16.8 Å². The van der Waals surface area contributed by atoms with Crippen LogP contribution in [0.5, 0.6) is 5.75 Å². The van der Waals surface area contributed by atoms with Crippen LogP contribution in [0.25, 0.3) is 0 Å². The van der Waals surface area contributed by atoms with Crippen LogP contribution >= 0.6 is 23.6 Å². The van der Waals surface area contributed by atoms with Crippen LogP contribution in [0.15, 0.2) is 35.0 Å². The molecule has 0 bridgehead atoms. The standard InChI is InChI=1S/C14H12F3NOS2/c15-14(16,17)11-7-10(13(18)20)1-2-12(11)19-5-3-9-4-6-21-8-9/h1-2,4,6-8H,3,5H2,(H2,18,20). The number of ether oxygens (including phenoxy) is 1. The Morgan fingerprint density at radius 3 is 2.62 bits per heavy atom. The number of nitrogens with two attached hydrogens (primary N) is 1. The highest BCUT2D eigenvalue weighted by Crippen LogP contribution is 2.36. The quantitative estimate of drug-likeness (QED) is 0.841. The highest BCUT2D eigenvalue weighted by atomic mass is 32.1. The molecule has 0 aliphatic carbocycles. The van der Waals surface area contributed by atoms with Gasteiger partial charge in [0, 0.05) is 12.0 Å². The Bertz CT molecular complexity index is 624. The van der Waals surface area contributed by atoms with Gasteiger partial charge in [0.25, 0.3) is 0 Å². The van der Waals surface area contributed by atoms with Gasteiger partial charge in [0.2, 0.25) is 0 Å². The van der Waals surface area contributed by atoms with E-state index < -0.39 is 11.7 Å². The Labute approximate surface area is 129 Å². The summed E-state index contributed by atoms with van der Waals surface area (Å²) in [5.74, 6) is -0.210. The van der Waals surface area contributed by atoms with E-state index in [-0.39, 0.29) is 22.9 Å². The predicted octanol–water partition coefficient (Wildman–Crippen LogP) is 4.02. The predicted molar refractivity (Wildman–Crippen MR) is 80.8 cm³/mol. The third-order valence-corrected chi connectivity index (χ3v) is 3.77. The molecule has 2 aromatic rings. The fourth-order valence-corrected chi connectivity index (χ4v) is 2.57. The van der Waals surface area contributed by atoms with Crippen LogP contribution in [-0.4, -0.2) is 11.6 Å². The Morgan fingerprint density at radius 2 is 2.05 bits per heavy atom. The fraction of sp³-hybridized carbons (Fsp3) is 0.214. The van der Waals surface area contributed by atoms with E-state index >= 15 is 0 Å². The van der Waals surface area contributed by atoms with Crippen LogP contribution in [0.2, 0.25) is 0 Å². The van der Waals surface area contributed by atoms with Crippen molar-refractivity contribution in [1.29, 1.82) is 0 Å². The monoisotopic (exact) mass is 331 g/mol. The first-order valence-electron chi connectivity index (χ1n) is 6.03. The molecule has 0 aliphatic rings. The minimum absolute atomic E-state index is 0.0784. The van der Waals surface area contributed by atoms with Crippen molar-refractivity contribution in [2.24, 2.45) is 5.73 Å². The maximum absolute atomic E-state index is 13.0. The van der Waals surface area contributed by atoms with Crippen molar-refractivity contribution in [3.05, 3.63) is 51.7 Å². The number of halogens is 3. The van der Waals surface area contributed by atoms with Crippen LogP contribution in [0.3, 0.4) is 0 Å². The summed E-state index contributed by atoms with van der Waals surface area (Å²) < 4.78 is 44.4. The molecule has 7 heteroatoms. The lowest BCUT2D eigenvalue weighted by Crippen LogP contribution is -2.14. The van der Waals surface area contributed by atoms with Crippen molar-refractivity contribution in [3.63, 3.8) is 0 Å². The zero-order valence-corrected chi connectivity index (χ0v) is 12.4. The molecule has 0 aliphatic heterocycles. The molecule has 0 saturated carbocycles. The molecule has 2 rings (SSSR count). The summed E-state index contributed by atoms with van der Waals surface area (Å²) in [6, 6.07) is 5.51. The summed E-state index contributed by atoms with van der Waals surface area (Å²) in [6.07, 6.45) is -3.96. The van der Waals surface area contributed by atoms with Crippen LogP contribution in [-0.2, 0) is 12.6 Å². The number of benzene rings is 1. The van der Waals surface area contributed by atoms with E-state index in [0.717, 1.165) is 11.6 Å². The molecule has 0 fully saturated rings. The number of alkyl halides is 3. The molecule has 0 radical (unpaired) electrons. The van der Waals surface area contributed by atoms with Gasteiger partial charge in [-0.3, -0.25) is 0 Å². The molecule has 0 spiro atoms. The first-order chi connectivity index (χ1) is 9.88. The Balaban J connectivity index is 2.16.